The first-order valence-corrected chi connectivity index (χ1v) is 5.44. The summed E-state index contributed by atoms with van der Waals surface area (Å²) in [6.45, 7) is 0. The number of ether oxygens (including phenoxy) is 1. The van der Waals surface area contributed by atoms with Crippen LogP contribution in [0.3, 0.4) is 0 Å². The first kappa shape index (κ1) is 10.3. The summed E-state index contributed by atoms with van der Waals surface area (Å²) in [5.74, 6) is 0. The highest BCUT2D eigenvalue weighted by Gasteiger charge is 2.26. The minimum absolute atomic E-state index is 0.339. The molecule has 1 aromatic carbocycles. The summed E-state index contributed by atoms with van der Waals surface area (Å²) >= 11 is 0. The van der Waals surface area contributed by atoms with Gasteiger partial charge in [0.15, 0.2) is 0 Å². The normalized spacial score (nSPS) is 25.4. The minimum Gasteiger partial charge on any atom is -0.399 e. The monoisotopic (exact) mass is 206 g/mol. The molecule has 3 heteroatoms. The van der Waals surface area contributed by atoms with Gasteiger partial charge in [-0.15, -0.1) is 0 Å². The smallest absolute Gasteiger partial charge is 0.0772 e. The van der Waals surface area contributed by atoms with Crippen molar-refractivity contribution in [2.75, 3.05) is 18.2 Å². The molecule has 15 heavy (non-hydrogen) atoms. The molecule has 2 rings (SSSR count). The maximum Gasteiger partial charge on any atom is 0.0772 e. The maximum absolute atomic E-state index is 5.73. The predicted molar refractivity (Wildman–Crippen MR) is 62.9 cm³/mol. The molecule has 0 heterocycles. The summed E-state index contributed by atoms with van der Waals surface area (Å²) < 4.78 is 5.43. The molecular weight excluding hydrogens is 188 g/mol. The van der Waals surface area contributed by atoms with Crippen molar-refractivity contribution in [1.29, 1.82) is 0 Å². The van der Waals surface area contributed by atoms with Crippen LogP contribution >= 0.6 is 0 Å². The van der Waals surface area contributed by atoms with Gasteiger partial charge in [-0.3, -0.25) is 0 Å². The van der Waals surface area contributed by atoms with Crippen molar-refractivity contribution in [2.24, 2.45) is 0 Å². The molecule has 0 aliphatic heterocycles. The van der Waals surface area contributed by atoms with E-state index >= 15 is 0 Å². The molecule has 0 saturated heterocycles. The van der Waals surface area contributed by atoms with Gasteiger partial charge < -0.3 is 15.8 Å². The lowest BCUT2D eigenvalue weighted by atomic mass is 10.2. The number of benzene rings is 1. The molecule has 0 spiro atoms. The number of nitrogen functional groups attached to an aromatic ring is 1. The van der Waals surface area contributed by atoms with Crippen LogP contribution in [0.2, 0.25) is 0 Å². The molecule has 2 atom stereocenters. The van der Waals surface area contributed by atoms with E-state index in [-0.39, 0.29) is 0 Å². The third kappa shape index (κ3) is 2.42. The van der Waals surface area contributed by atoms with Crippen molar-refractivity contribution in [1.82, 2.24) is 0 Å². The van der Waals surface area contributed by atoms with E-state index in [1.165, 1.54) is 12.8 Å². The highest BCUT2D eigenvalue weighted by atomic mass is 16.5. The van der Waals surface area contributed by atoms with Crippen LogP contribution in [-0.4, -0.2) is 19.3 Å². The van der Waals surface area contributed by atoms with Gasteiger partial charge in [0.1, 0.15) is 0 Å². The van der Waals surface area contributed by atoms with Crippen LogP contribution in [0, 0.1) is 0 Å². The van der Waals surface area contributed by atoms with Gasteiger partial charge in [-0.2, -0.15) is 0 Å². The fourth-order valence-corrected chi connectivity index (χ4v) is 2.22. The first-order valence-electron chi connectivity index (χ1n) is 5.44. The maximum atomic E-state index is 5.73. The Balaban J connectivity index is 2.02. The lowest BCUT2D eigenvalue weighted by Gasteiger charge is -2.20. The van der Waals surface area contributed by atoms with E-state index in [0.29, 0.717) is 12.1 Å². The largest absolute Gasteiger partial charge is 0.399 e. The number of nitrogens with one attached hydrogen (secondary N) is 1. The van der Waals surface area contributed by atoms with Crippen molar-refractivity contribution in [3.63, 3.8) is 0 Å². The summed E-state index contributed by atoms with van der Waals surface area (Å²) in [5.41, 5.74) is 7.61. The van der Waals surface area contributed by atoms with E-state index in [1.54, 1.807) is 7.11 Å². The second kappa shape index (κ2) is 4.53. The van der Waals surface area contributed by atoms with Gasteiger partial charge in [-0.05, 0) is 37.5 Å². The Morgan fingerprint density at radius 2 is 2.27 bits per heavy atom. The van der Waals surface area contributed by atoms with Gasteiger partial charge >= 0.3 is 0 Å². The Kier molecular flexibility index (Phi) is 3.11. The van der Waals surface area contributed by atoms with Gasteiger partial charge in [0.05, 0.1) is 12.1 Å². The van der Waals surface area contributed by atoms with Crippen molar-refractivity contribution in [3.05, 3.63) is 24.3 Å². The molecule has 0 radical (unpaired) electrons. The number of hydrogen-bond donors (Lipinski definition) is 2. The van der Waals surface area contributed by atoms with Crippen LogP contribution in [0.5, 0.6) is 0 Å². The fraction of sp³-hybridized carbons (Fsp3) is 0.500. The summed E-state index contributed by atoms with van der Waals surface area (Å²) in [7, 11) is 1.78. The molecule has 1 aliphatic rings. The Morgan fingerprint density at radius 3 is 3.00 bits per heavy atom. The number of hydrogen-bond acceptors (Lipinski definition) is 3. The molecule has 1 saturated carbocycles. The minimum atomic E-state index is 0.339. The van der Waals surface area contributed by atoms with Gasteiger partial charge in [-0.25, -0.2) is 0 Å². The average molecular weight is 206 g/mol. The van der Waals surface area contributed by atoms with Crippen LogP contribution in [0.4, 0.5) is 11.4 Å². The Morgan fingerprint density at radius 1 is 1.40 bits per heavy atom. The quantitative estimate of drug-likeness (QED) is 0.746. The lowest BCUT2D eigenvalue weighted by molar-refractivity contribution is 0.101. The SMILES string of the molecule is COC1CCCC1Nc1cccc(N)c1. The lowest BCUT2D eigenvalue weighted by Crippen LogP contribution is -2.29. The van der Waals surface area contributed by atoms with Crippen LogP contribution in [0.1, 0.15) is 19.3 Å². The summed E-state index contributed by atoms with van der Waals surface area (Å²) in [6, 6.07) is 8.30. The molecule has 1 aromatic rings. The molecule has 2 unspecified atom stereocenters. The van der Waals surface area contributed by atoms with E-state index in [9.17, 15) is 0 Å². The first-order chi connectivity index (χ1) is 7.29. The number of rotatable bonds is 3. The zero-order valence-electron chi connectivity index (χ0n) is 9.07. The molecule has 0 bridgehead atoms. The van der Waals surface area contributed by atoms with E-state index < -0.39 is 0 Å². The number of anilines is 2. The van der Waals surface area contributed by atoms with Crippen LogP contribution in [0.15, 0.2) is 24.3 Å². The van der Waals surface area contributed by atoms with E-state index in [4.69, 9.17) is 10.5 Å². The average Bonchev–Trinajstić information content (AvgIpc) is 2.65. The molecule has 3 nitrogen and oxygen atoms in total. The van der Waals surface area contributed by atoms with Crippen LogP contribution < -0.4 is 11.1 Å². The van der Waals surface area contributed by atoms with E-state index in [1.807, 2.05) is 24.3 Å². The van der Waals surface area contributed by atoms with Gasteiger partial charge in [0.25, 0.3) is 0 Å². The topological polar surface area (TPSA) is 47.3 Å². The van der Waals surface area contributed by atoms with Crippen molar-refractivity contribution >= 4 is 11.4 Å². The third-order valence-electron chi connectivity index (χ3n) is 2.99. The zero-order valence-corrected chi connectivity index (χ0v) is 9.07. The Bertz CT molecular complexity index is 327. The highest BCUT2D eigenvalue weighted by Crippen LogP contribution is 2.25. The summed E-state index contributed by atoms with van der Waals surface area (Å²) in [4.78, 5) is 0. The Hall–Kier alpha value is -1.22. The molecule has 0 aromatic heterocycles. The van der Waals surface area contributed by atoms with Crippen LogP contribution in [-0.2, 0) is 4.74 Å². The molecule has 1 aliphatic carbocycles. The van der Waals surface area contributed by atoms with Gasteiger partial charge in [0.2, 0.25) is 0 Å². The van der Waals surface area contributed by atoms with E-state index in [0.717, 1.165) is 17.8 Å². The highest BCUT2D eigenvalue weighted by molar-refractivity contribution is 5.54. The van der Waals surface area contributed by atoms with Crippen LogP contribution in [0.25, 0.3) is 0 Å². The second-order valence-corrected chi connectivity index (χ2v) is 4.08. The molecule has 0 amide bonds. The predicted octanol–water partition coefficient (Wildman–Crippen LogP) is 2.25. The van der Waals surface area contributed by atoms with Crippen molar-refractivity contribution in [3.8, 4) is 0 Å². The molecule has 1 fully saturated rings. The molecular formula is C12H18N2O. The van der Waals surface area contributed by atoms with E-state index in [2.05, 4.69) is 5.32 Å². The second-order valence-electron chi connectivity index (χ2n) is 4.08. The molecule has 82 valence electrons. The number of nitrogens with two attached hydrogens (primary N) is 1. The van der Waals surface area contributed by atoms with Crippen molar-refractivity contribution < 1.29 is 4.74 Å². The van der Waals surface area contributed by atoms with Gasteiger partial charge in [0, 0.05) is 18.5 Å². The number of methoxy groups -OCH3 is 1. The molecule has 3 N–H and O–H groups in total. The zero-order chi connectivity index (χ0) is 10.7. The fourth-order valence-electron chi connectivity index (χ4n) is 2.22. The summed E-state index contributed by atoms with van der Waals surface area (Å²) in [5, 5.41) is 3.48. The van der Waals surface area contributed by atoms with Gasteiger partial charge in [-0.1, -0.05) is 6.07 Å². The third-order valence-corrected chi connectivity index (χ3v) is 2.99. The summed E-state index contributed by atoms with van der Waals surface area (Å²) in [6.07, 6.45) is 3.90. The standard InChI is InChI=1S/C12H18N2O/c1-15-12-7-3-6-11(12)14-10-5-2-4-9(13)8-10/h2,4-5,8,11-12,14H,3,6-7,13H2,1H3. The Labute approximate surface area is 90.6 Å². The van der Waals surface area contributed by atoms with Crippen molar-refractivity contribution in [2.45, 2.75) is 31.4 Å².